The summed E-state index contributed by atoms with van der Waals surface area (Å²) in [6.07, 6.45) is 5.33. The van der Waals surface area contributed by atoms with Gasteiger partial charge in [-0.15, -0.1) is 0 Å². The Bertz CT molecular complexity index is 120. The fraction of sp³-hybridized carbons (Fsp3) is 1.00. The second-order valence-electron chi connectivity index (χ2n) is 4.80. The van der Waals surface area contributed by atoms with Gasteiger partial charge in [-0.3, -0.25) is 0 Å². The van der Waals surface area contributed by atoms with Crippen molar-refractivity contribution < 1.29 is 0 Å². The molecule has 1 N–H and O–H groups in total. The Kier molecular flexibility index (Phi) is 6.40. The van der Waals surface area contributed by atoms with Crippen LogP contribution in [-0.4, -0.2) is 12.6 Å². The van der Waals surface area contributed by atoms with E-state index in [0.29, 0.717) is 11.5 Å². The molecule has 0 amide bonds. The molecule has 0 rings (SSSR count). The molecular formula is C12H27N. The van der Waals surface area contributed by atoms with E-state index in [9.17, 15) is 0 Å². The Hall–Kier alpha value is -0.0400. The molecule has 1 nitrogen and oxygen atoms in total. The molecule has 0 aliphatic rings. The number of nitrogens with one attached hydrogen (secondary N) is 1. The van der Waals surface area contributed by atoms with Crippen LogP contribution in [0.1, 0.15) is 60.3 Å². The monoisotopic (exact) mass is 185 g/mol. The number of hydrogen-bond donors (Lipinski definition) is 1. The highest BCUT2D eigenvalue weighted by atomic mass is 14.9. The molecule has 0 saturated carbocycles. The first kappa shape index (κ1) is 13.0. The maximum absolute atomic E-state index is 3.55. The first-order valence-corrected chi connectivity index (χ1v) is 5.77. The Morgan fingerprint density at radius 3 is 2.23 bits per heavy atom. The Morgan fingerprint density at radius 2 is 1.85 bits per heavy atom. The minimum atomic E-state index is 0.514. The third kappa shape index (κ3) is 6.09. The van der Waals surface area contributed by atoms with Gasteiger partial charge in [0, 0.05) is 12.6 Å². The highest BCUT2D eigenvalue weighted by Gasteiger charge is 2.20. The summed E-state index contributed by atoms with van der Waals surface area (Å²) in [5, 5.41) is 3.55. The van der Waals surface area contributed by atoms with Crippen LogP contribution in [0.25, 0.3) is 0 Å². The Balaban J connectivity index is 3.81. The number of hydrogen-bond acceptors (Lipinski definition) is 1. The fourth-order valence-electron chi connectivity index (χ4n) is 1.44. The van der Waals surface area contributed by atoms with Gasteiger partial charge in [0.05, 0.1) is 0 Å². The highest BCUT2D eigenvalue weighted by molar-refractivity contribution is 4.76. The van der Waals surface area contributed by atoms with Gasteiger partial charge in [-0.25, -0.2) is 0 Å². The predicted octanol–water partition coefficient (Wildman–Crippen LogP) is 3.59. The van der Waals surface area contributed by atoms with Gasteiger partial charge in [-0.05, 0) is 18.3 Å². The second kappa shape index (κ2) is 6.42. The topological polar surface area (TPSA) is 12.0 Å². The van der Waals surface area contributed by atoms with Gasteiger partial charge in [0.15, 0.2) is 0 Å². The van der Waals surface area contributed by atoms with Crippen molar-refractivity contribution in [3.63, 3.8) is 0 Å². The normalized spacial score (nSPS) is 16.2. The fourth-order valence-corrected chi connectivity index (χ4v) is 1.44. The molecule has 0 aliphatic heterocycles. The first-order valence-electron chi connectivity index (χ1n) is 5.77. The Labute approximate surface area is 84.3 Å². The van der Waals surface area contributed by atoms with Crippen molar-refractivity contribution in [1.82, 2.24) is 5.32 Å². The number of unbranched alkanes of at least 4 members (excludes halogenated alkanes) is 1. The van der Waals surface area contributed by atoms with Crippen molar-refractivity contribution in [3.05, 3.63) is 0 Å². The minimum Gasteiger partial charge on any atom is -0.314 e. The molecule has 1 atom stereocenters. The van der Waals surface area contributed by atoms with E-state index in [1.165, 1.54) is 32.2 Å². The van der Waals surface area contributed by atoms with E-state index in [4.69, 9.17) is 0 Å². The highest BCUT2D eigenvalue weighted by Crippen LogP contribution is 2.27. The summed E-state index contributed by atoms with van der Waals surface area (Å²) < 4.78 is 0. The zero-order valence-corrected chi connectivity index (χ0v) is 10.1. The van der Waals surface area contributed by atoms with Crippen molar-refractivity contribution in [3.8, 4) is 0 Å². The van der Waals surface area contributed by atoms with Gasteiger partial charge in [0.25, 0.3) is 0 Å². The van der Waals surface area contributed by atoms with E-state index in [2.05, 4.69) is 39.9 Å². The van der Waals surface area contributed by atoms with Gasteiger partial charge < -0.3 is 5.32 Å². The standard InChI is InChI=1S/C12H27N/c1-6-8-9-12(5,7-2)10-13-11(3)4/h11,13H,6-10H2,1-5H3. The van der Waals surface area contributed by atoms with Gasteiger partial charge in [0.2, 0.25) is 0 Å². The molecule has 0 fully saturated rings. The molecule has 0 bridgehead atoms. The lowest BCUT2D eigenvalue weighted by molar-refractivity contribution is 0.254. The van der Waals surface area contributed by atoms with Crippen molar-refractivity contribution in [2.24, 2.45) is 5.41 Å². The lowest BCUT2D eigenvalue weighted by Gasteiger charge is -2.29. The summed E-state index contributed by atoms with van der Waals surface area (Å²) in [6.45, 7) is 12.6. The molecule has 1 heteroatoms. The third-order valence-electron chi connectivity index (χ3n) is 2.92. The van der Waals surface area contributed by atoms with E-state index in [1.807, 2.05) is 0 Å². The molecule has 0 spiro atoms. The maximum atomic E-state index is 3.55. The van der Waals surface area contributed by atoms with Crippen molar-refractivity contribution in [2.45, 2.75) is 66.3 Å². The van der Waals surface area contributed by atoms with Crippen LogP contribution in [0.2, 0.25) is 0 Å². The SMILES string of the molecule is CCCCC(C)(CC)CNC(C)C. The maximum Gasteiger partial charge on any atom is 0.00106 e. The molecule has 0 aromatic heterocycles. The summed E-state index contributed by atoms with van der Waals surface area (Å²) in [7, 11) is 0. The summed E-state index contributed by atoms with van der Waals surface area (Å²) in [4.78, 5) is 0. The van der Waals surface area contributed by atoms with Crippen LogP contribution in [0.3, 0.4) is 0 Å². The zero-order valence-electron chi connectivity index (χ0n) is 10.1. The minimum absolute atomic E-state index is 0.514. The van der Waals surface area contributed by atoms with Crippen LogP contribution in [0, 0.1) is 5.41 Å². The van der Waals surface area contributed by atoms with E-state index in [1.54, 1.807) is 0 Å². The van der Waals surface area contributed by atoms with E-state index in [-0.39, 0.29) is 0 Å². The van der Waals surface area contributed by atoms with Gasteiger partial charge in [0.1, 0.15) is 0 Å². The largest absolute Gasteiger partial charge is 0.314 e. The molecule has 0 radical (unpaired) electrons. The lowest BCUT2D eigenvalue weighted by atomic mass is 9.82. The van der Waals surface area contributed by atoms with Crippen LogP contribution in [0.5, 0.6) is 0 Å². The summed E-state index contributed by atoms with van der Waals surface area (Å²) in [5.74, 6) is 0. The van der Waals surface area contributed by atoms with Crippen LogP contribution in [-0.2, 0) is 0 Å². The molecular weight excluding hydrogens is 158 g/mol. The molecule has 1 unspecified atom stereocenters. The van der Waals surface area contributed by atoms with Crippen LogP contribution in [0.15, 0.2) is 0 Å². The zero-order chi connectivity index (χ0) is 10.3. The number of rotatable bonds is 7. The molecule has 0 saturated heterocycles. The van der Waals surface area contributed by atoms with Gasteiger partial charge in [-0.1, -0.05) is 47.5 Å². The molecule has 0 aromatic rings. The van der Waals surface area contributed by atoms with Crippen LogP contribution in [0.4, 0.5) is 0 Å². The first-order chi connectivity index (χ1) is 6.04. The third-order valence-corrected chi connectivity index (χ3v) is 2.92. The summed E-state index contributed by atoms with van der Waals surface area (Å²) >= 11 is 0. The van der Waals surface area contributed by atoms with Crippen LogP contribution < -0.4 is 5.32 Å². The molecule has 13 heavy (non-hydrogen) atoms. The van der Waals surface area contributed by atoms with E-state index < -0.39 is 0 Å². The quantitative estimate of drug-likeness (QED) is 0.639. The Morgan fingerprint density at radius 1 is 1.23 bits per heavy atom. The molecule has 80 valence electrons. The summed E-state index contributed by atoms with van der Waals surface area (Å²) in [5.41, 5.74) is 0.514. The van der Waals surface area contributed by atoms with Crippen molar-refractivity contribution in [2.75, 3.05) is 6.54 Å². The predicted molar refractivity (Wildman–Crippen MR) is 61.1 cm³/mol. The lowest BCUT2D eigenvalue weighted by Crippen LogP contribution is -2.35. The second-order valence-corrected chi connectivity index (χ2v) is 4.80. The van der Waals surface area contributed by atoms with Crippen molar-refractivity contribution >= 4 is 0 Å². The van der Waals surface area contributed by atoms with Gasteiger partial charge in [-0.2, -0.15) is 0 Å². The van der Waals surface area contributed by atoms with E-state index >= 15 is 0 Å². The average Bonchev–Trinajstić information content (AvgIpc) is 2.11. The molecule has 0 aliphatic carbocycles. The smallest absolute Gasteiger partial charge is 0.00106 e. The average molecular weight is 185 g/mol. The molecule has 0 aromatic carbocycles. The summed E-state index contributed by atoms with van der Waals surface area (Å²) in [6, 6.07) is 0.618. The van der Waals surface area contributed by atoms with Gasteiger partial charge >= 0.3 is 0 Å². The van der Waals surface area contributed by atoms with Crippen LogP contribution >= 0.6 is 0 Å². The molecule has 0 heterocycles. The van der Waals surface area contributed by atoms with Crippen molar-refractivity contribution in [1.29, 1.82) is 0 Å². The van der Waals surface area contributed by atoms with E-state index in [0.717, 1.165) is 0 Å².